The second-order valence-corrected chi connectivity index (χ2v) is 6.80. The Morgan fingerprint density at radius 2 is 1.72 bits per heavy atom. The summed E-state index contributed by atoms with van der Waals surface area (Å²) >= 11 is 0. The standard InChI is InChI=1S/C21H24N4O4/c1-24(21(28)16-4-2-3-15(13-16)20(22)27)14-19(26)23-17-5-7-18(8-6-17)25-9-11-29-12-10-25/h2-8,13H,9-12,14H2,1H3,(H2,22,27)(H,23,26). The van der Waals surface area contributed by atoms with E-state index in [4.69, 9.17) is 10.5 Å². The Labute approximate surface area is 169 Å². The minimum Gasteiger partial charge on any atom is -0.378 e. The average molecular weight is 396 g/mol. The predicted octanol–water partition coefficient (Wildman–Crippen LogP) is 1.33. The van der Waals surface area contributed by atoms with Crippen LogP contribution >= 0.6 is 0 Å². The Morgan fingerprint density at radius 1 is 1.07 bits per heavy atom. The fourth-order valence-electron chi connectivity index (χ4n) is 3.09. The molecule has 0 spiro atoms. The number of benzene rings is 2. The van der Waals surface area contributed by atoms with Crippen molar-refractivity contribution >= 4 is 29.1 Å². The molecule has 0 radical (unpaired) electrons. The van der Waals surface area contributed by atoms with E-state index in [0.29, 0.717) is 24.5 Å². The summed E-state index contributed by atoms with van der Waals surface area (Å²) in [5, 5.41) is 2.79. The minimum atomic E-state index is -0.611. The number of ether oxygens (including phenoxy) is 1. The molecule has 1 aliphatic rings. The molecule has 1 saturated heterocycles. The first kappa shape index (κ1) is 20.3. The minimum absolute atomic E-state index is 0.120. The van der Waals surface area contributed by atoms with Crippen molar-refractivity contribution in [1.29, 1.82) is 0 Å². The number of morpholine rings is 1. The largest absolute Gasteiger partial charge is 0.378 e. The maximum Gasteiger partial charge on any atom is 0.254 e. The molecule has 8 nitrogen and oxygen atoms in total. The first-order chi connectivity index (χ1) is 13.9. The van der Waals surface area contributed by atoms with E-state index >= 15 is 0 Å². The van der Waals surface area contributed by atoms with E-state index in [0.717, 1.165) is 18.8 Å². The van der Waals surface area contributed by atoms with Crippen LogP contribution in [0.25, 0.3) is 0 Å². The fraction of sp³-hybridized carbons (Fsp3) is 0.286. The molecule has 3 amide bonds. The Balaban J connectivity index is 1.56. The van der Waals surface area contributed by atoms with E-state index in [1.165, 1.54) is 24.1 Å². The number of nitrogens with one attached hydrogen (secondary N) is 1. The molecule has 152 valence electrons. The van der Waals surface area contributed by atoms with Gasteiger partial charge in [-0.15, -0.1) is 0 Å². The molecule has 2 aromatic rings. The summed E-state index contributed by atoms with van der Waals surface area (Å²) in [5.74, 6) is -1.29. The van der Waals surface area contributed by atoms with Crippen molar-refractivity contribution in [3.05, 3.63) is 59.7 Å². The number of primary amides is 1. The Hall–Kier alpha value is -3.39. The van der Waals surface area contributed by atoms with Crippen LogP contribution in [0.5, 0.6) is 0 Å². The molecule has 1 aliphatic heterocycles. The molecule has 8 heteroatoms. The number of anilines is 2. The van der Waals surface area contributed by atoms with Crippen LogP contribution in [-0.2, 0) is 9.53 Å². The zero-order valence-corrected chi connectivity index (χ0v) is 16.3. The quantitative estimate of drug-likeness (QED) is 0.767. The van der Waals surface area contributed by atoms with Crippen molar-refractivity contribution in [2.24, 2.45) is 5.73 Å². The molecule has 0 aromatic heterocycles. The van der Waals surface area contributed by atoms with Crippen LogP contribution in [0.15, 0.2) is 48.5 Å². The van der Waals surface area contributed by atoms with Crippen molar-refractivity contribution in [1.82, 2.24) is 4.90 Å². The third-order valence-corrected chi connectivity index (χ3v) is 4.65. The highest BCUT2D eigenvalue weighted by atomic mass is 16.5. The van der Waals surface area contributed by atoms with Crippen LogP contribution in [0.3, 0.4) is 0 Å². The number of carbonyl (C=O) groups is 3. The molecule has 3 N–H and O–H groups in total. The van der Waals surface area contributed by atoms with Crippen molar-refractivity contribution in [2.45, 2.75) is 0 Å². The van der Waals surface area contributed by atoms with Gasteiger partial charge >= 0.3 is 0 Å². The zero-order chi connectivity index (χ0) is 20.8. The summed E-state index contributed by atoms with van der Waals surface area (Å²) in [6.07, 6.45) is 0. The predicted molar refractivity (Wildman–Crippen MR) is 110 cm³/mol. The SMILES string of the molecule is CN(CC(=O)Nc1ccc(N2CCOCC2)cc1)C(=O)c1cccc(C(N)=O)c1. The van der Waals surface area contributed by atoms with E-state index in [1.807, 2.05) is 24.3 Å². The van der Waals surface area contributed by atoms with Gasteiger partial charge in [-0.05, 0) is 42.5 Å². The lowest BCUT2D eigenvalue weighted by atomic mass is 10.1. The van der Waals surface area contributed by atoms with E-state index < -0.39 is 5.91 Å². The van der Waals surface area contributed by atoms with Gasteiger partial charge in [0.2, 0.25) is 11.8 Å². The molecule has 2 aromatic carbocycles. The normalized spacial score (nSPS) is 13.6. The van der Waals surface area contributed by atoms with E-state index in [9.17, 15) is 14.4 Å². The third kappa shape index (κ3) is 5.32. The monoisotopic (exact) mass is 396 g/mol. The summed E-state index contributed by atoms with van der Waals surface area (Å²) in [6, 6.07) is 13.7. The van der Waals surface area contributed by atoms with Crippen molar-refractivity contribution < 1.29 is 19.1 Å². The Morgan fingerprint density at radius 3 is 2.38 bits per heavy atom. The lowest BCUT2D eigenvalue weighted by Crippen LogP contribution is -2.36. The van der Waals surface area contributed by atoms with Gasteiger partial charge in [-0.25, -0.2) is 0 Å². The highest BCUT2D eigenvalue weighted by Crippen LogP contribution is 2.19. The van der Waals surface area contributed by atoms with E-state index in [1.54, 1.807) is 12.1 Å². The van der Waals surface area contributed by atoms with Crippen LogP contribution in [0.1, 0.15) is 20.7 Å². The highest BCUT2D eigenvalue weighted by Gasteiger charge is 2.16. The van der Waals surface area contributed by atoms with Gasteiger partial charge in [-0.2, -0.15) is 0 Å². The fourth-order valence-corrected chi connectivity index (χ4v) is 3.09. The molecule has 29 heavy (non-hydrogen) atoms. The highest BCUT2D eigenvalue weighted by molar-refractivity contribution is 6.01. The second-order valence-electron chi connectivity index (χ2n) is 6.80. The van der Waals surface area contributed by atoms with Gasteiger partial charge < -0.3 is 25.6 Å². The first-order valence-electron chi connectivity index (χ1n) is 9.32. The third-order valence-electron chi connectivity index (χ3n) is 4.65. The molecule has 1 heterocycles. The lowest BCUT2D eigenvalue weighted by molar-refractivity contribution is -0.116. The molecule has 3 rings (SSSR count). The van der Waals surface area contributed by atoms with Crippen LogP contribution in [0.2, 0.25) is 0 Å². The summed E-state index contributed by atoms with van der Waals surface area (Å²) in [7, 11) is 1.53. The van der Waals surface area contributed by atoms with Gasteiger partial charge in [0.25, 0.3) is 5.91 Å². The topological polar surface area (TPSA) is 105 Å². The Bertz CT molecular complexity index is 892. The molecular weight excluding hydrogens is 372 g/mol. The molecule has 0 aliphatic carbocycles. The molecular formula is C21H24N4O4. The second kappa shape index (κ2) is 9.20. The number of hydrogen-bond acceptors (Lipinski definition) is 5. The number of amides is 3. The number of nitrogens with zero attached hydrogens (tertiary/aromatic N) is 2. The van der Waals surface area contributed by atoms with Gasteiger partial charge in [0.05, 0.1) is 19.8 Å². The molecule has 0 atom stereocenters. The molecule has 0 unspecified atom stereocenters. The maximum atomic E-state index is 12.5. The van der Waals surface area contributed by atoms with E-state index in [2.05, 4.69) is 10.2 Å². The summed E-state index contributed by atoms with van der Waals surface area (Å²) < 4.78 is 5.35. The maximum absolute atomic E-state index is 12.5. The summed E-state index contributed by atoms with van der Waals surface area (Å²) in [5.41, 5.74) is 7.52. The first-order valence-corrected chi connectivity index (χ1v) is 9.32. The van der Waals surface area contributed by atoms with Crippen LogP contribution in [-0.4, -0.2) is 62.5 Å². The summed E-state index contributed by atoms with van der Waals surface area (Å²) in [6.45, 7) is 2.98. The Kier molecular flexibility index (Phi) is 6.46. The van der Waals surface area contributed by atoms with Gasteiger partial charge in [0.1, 0.15) is 0 Å². The summed E-state index contributed by atoms with van der Waals surface area (Å²) in [4.78, 5) is 39.6. The van der Waals surface area contributed by atoms with Gasteiger partial charge in [0.15, 0.2) is 0 Å². The van der Waals surface area contributed by atoms with Gasteiger partial charge in [0, 0.05) is 42.6 Å². The number of carbonyl (C=O) groups excluding carboxylic acids is 3. The van der Waals surface area contributed by atoms with Crippen LogP contribution in [0, 0.1) is 0 Å². The number of likely N-dealkylation sites (N-methyl/N-ethyl adjacent to an activating group) is 1. The van der Waals surface area contributed by atoms with Gasteiger partial charge in [-0.1, -0.05) is 6.07 Å². The zero-order valence-electron chi connectivity index (χ0n) is 16.3. The van der Waals surface area contributed by atoms with Crippen molar-refractivity contribution in [3.8, 4) is 0 Å². The number of rotatable bonds is 6. The molecule has 0 saturated carbocycles. The average Bonchev–Trinajstić information content (AvgIpc) is 2.74. The molecule has 0 bridgehead atoms. The van der Waals surface area contributed by atoms with Gasteiger partial charge in [-0.3, -0.25) is 14.4 Å². The van der Waals surface area contributed by atoms with Crippen LogP contribution in [0.4, 0.5) is 11.4 Å². The van der Waals surface area contributed by atoms with Crippen LogP contribution < -0.4 is 16.0 Å². The van der Waals surface area contributed by atoms with Crippen molar-refractivity contribution in [3.63, 3.8) is 0 Å². The number of hydrogen-bond donors (Lipinski definition) is 2. The van der Waals surface area contributed by atoms with E-state index in [-0.39, 0.29) is 23.9 Å². The molecule has 1 fully saturated rings. The number of nitrogens with two attached hydrogens (primary N) is 1. The lowest BCUT2D eigenvalue weighted by Gasteiger charge is -2.28. The van der Waals surface area contributed by atoms with Crippen molar-refractivity contribution in [2.75, 3.05) is 50.1 Å². The smallest absolute Gasteiger partial charge is 0.254 e.